The molecule has 1 aromatic heterocycles. The molecule has 2 N–H and O–H groups in total. The molecule has 0 fully saturated rings. The summed E-state index contributed by atoms with van der Waals surface area (Å²) in [6.45, 7) is 2.27. The fourth-order valence-electron chi connectivity index (χ4n) is 0.990. The standard InChI is InChI=1S/C9H12N2O3/c1-3-14-7-4-8(10)11-5-6(7)9(12)13-2/h4-5H,3H2,1-2H3,(H2,10,11). The second-order valence-corrected chi connectivity index (χ2v) is 2.53. The maximum absolute atomic E-state index is 11.2. The number of ether oxygens (including phenoxy) is 2. The number of aromatic nitrogens is 1. The molecule has 0 atom stereocenters. The summed E-state index contributed by atoms with van der Waals surface area (Å²) in [6.07, 6.45) is 1.34. The number of esters is 1. The molecule has 0 amide bonds. The number of anilines is 1. The Morgan fingerprint density at radius 2 is 2.36 bits per heavy atom. The Morgan fingerprint density at radius 3 is 2.93 bits per heavy atom. The van der Waals surface area contributed by atoms with Crippen LogP contribution in [-0.2, 0) is 4.74 Å². The number of nitrogens with zero attached hydrogens (tertiary/aromatic N) is 1. The third-order valence-electron chi connectivity index (χ3n) is 1.59. The van der Waals surface area contributed by atoms with Crippen molar-refractivity contribution in [1.82, 2.24) is 4.98 Å². The van der Waals surface area contributed by atoms with Crippen LogP contribution in [0.3, 0.4) is 0 Å². The minimum Gasteiger partial charge on any atom is -0.493 e. The molecule has 0 saturated carbocycles. The van der Waals surface area contributed by atoms with Crippen molar-refractivity contribution in [3.05, 3.63) is 17.8 Å². The number of pyridine rings is 1. The van der Waals surface area contributed by atoms with Crippen LogP contribution in [-0.4, -0.2) is 24.7 Å². The predicted octanol–water partition coefficient (Wildman–Crippen LogP) is 0.849. The molecule has 1 rings (SSSR count). The van der Waals surface area contributed by atoms with E-state index in [-0.39, 0.29) is 5.56 Å². The van der Waals surface area contributed by atoms with Crippen molar-refractivity contribution in [3.8, 4) is 5.75 Å². The van der Waals surface area contributed by atoms with Gasteiger partial charge in [0.15, 0.2) is 0 Å². The lowest BCUT2D eigenvalue weighted by Gasteiger charge is -2.08. The van der Waals surface area contributed by atoms with Gasteiger partial charge in [0, 0.05) is 12.3 Å². The molecule has 0 aliphatic carbocycles. The van der Waals surface area contributed by atoms with E-state index < -0.39 is 5.97 Å². The zero-order valence-electron chi connectivity index (χ0n) is 8.11. The van der Waals surface area contributed by atoms with Gasteiger partial charge in [-0.15, -0.1) is 0 Å². The number of carbonyl (C=O) groups is 1. The maximum Gasteiger partial charge on any atom is 0.343 e. The van der Waals surface area contributed by atoms with Gasteiger partial charge in [0.05, 0.1) is 13.7 Å². The van der Waals surface area contributed by atoms with Gasteiger partial charge in [0.1, 0.15) is 17.1 Å². The third-order valence-corrected chi connectivity index (χ3v) is 1.59. The molecule has 0 unspecified atom stereocenters. The van der Waals surface area contributed by atoms with Gasteiger partial charge in [-0.05, 0) is 6.92 Å². The molecule has 0 radical (unpaired) electrons. The number of carbonyl (C=O) groups excluding carboxylic acids is 1. The molecule has 1 aromatic rings. The van der Waals surface area contributed by atoms with E-state index in [1.54, 1.807) is 0 Å². The quantitative estimate of drug-likeness (QED) is 0.725. The highest BCUT2D eigenvalue weighted by Crippen LogP contribution is 2.20. The molecule has 0 aromatic carbocycles. The van der Waals surface area contributed by atoms with Crippen LogP contribution in [0.4, 0.5) is 5.82 Å². The van der Waals surface area contributed by atoms with Gasteiger partial charge in [-0.2, -0.15) is 0 Å². The van der Waals surface area contributed by atoms with Crippen molar-refractivity contribution in [2.75, 3.05) is 19.5 Å². The Balaban J connectivity index is 3.07. The predicted molar refractivity (Wildman–Crippen MR) is 51.2 cm³/mol. The van der Waals surface area contributed by atoms with Crippen molar-refractivity contribution in [1.29, 1.82) is 0 Å². The van der Waals surface area contributed by atoms with Gasteiger partial charge >= 0.3 is 5.97 Å². The summed E-state index contributed by atoms with van der Waals surface area (Å²) < 4.78 is 9.78. The lowest BCUT2D eigenvalue weighted by Crippen LogP contribution is -2.07. The zero-order valence-corrected chi connectivity index (χ0v) is 8.11. The van der Waals surface area contributed by atoms with Crippen LogP contribution < -0.4 is 10.5 Å². The van der Waals surface area contributed by atoms with E-state index >= 15 is 0 Å². The van der Waals surface area contributed by atoms with Crippen LogP contribution in [0.25, 0.3) is 0 Å². The SMILES string of the molecule is CCOc1cc(N)ncc1C(=O)OC. The van der Waals surface area contributed by atoms with Crippen LogP contribution in [0.1, 0.15) is 17.3 Å². The van der Waals surface area contributed by atoms with E-state index in [9.17, 15) is 4.79 Å². The summed E-state index contributed by atoms with van der Waals surface area (Å²) in [6, 6.07) is 1.50. The maximum atomic E-state index is 11.2. The van der Waals surface area contributed by atoms with Crippen molar-refractivity contribution >= 4 is 11.8 Å². The fraction of sp³-hybridized carbons (Fsp3) is 0.333. The molecular formula is C9H12N2O3. The van der Waals surface area contributed by atoms with Gasteiger partial charge < -0.3 is 15.2 Å². The Labute approximate surface area is 81.8 Å². The highest BCUT2D eigenvalue weighted by molar-refractivity contribution is 5.92. The van der Waals surface area contributed by atoms with Crippen LogP contribution in [0.15, 0.2) is 12.3 Å². The smallest absolute Gasteiger partial charge is 0.343 e. The second kappa shape index (κ2) is 4.45. The number of nitrogens with two attached hydrogens (primary N) is 1. The van der Waals surface area contributed by atoms with E-state index in [0.29, 0.717) is 18.2 Å². The largest absolute Gasteiger partial charge is 0.493 e. The van der Waals surface area contributed by atoms with E-state index in [1.165, 1.54) is 19.4 Å². The molecule has 0 spiro atoms. The summed E-state index contributed by atoms with van der Waals surface area (Å²) in [5.74, 6) is 0.217. The van der Waals surface area contributed by atoms with Crippen LogP contribution in [0.2, 0.25) is 0 Å². The first kappa shape index (κ1) is 10.3. The lowest BCUT2D eigenvalue weighted by molar-refractivity contribution is 0.0596. The topological polar surface area (TPSA) is 74.4 Å². The minimum absolute atomic E-state index is 0.281. The first-order chi connectivity index (χ1) is 6.69. The normalized spacial score (nSPS) is 9.57. The number of hydrogen-bond acceptors (Lipinski definition) is 5. The molecule has 14 heavy (non-hydrogen) atoms. The number of rotatable bonds is 3. The number of methoxy groups -OCH3 is 1. The third kappa shape index (κ3) is 2.12. The lowest BCUT2D eigenvalue weighted by atomic mass is 10.2. The molecule has 0 aliphatic heterocycles. The Morgan fingerprint density at radius 1 is 1.64 bits per heavy atom. The first-order valence-electron chi connectivity index (χ1n) is 4.15. The number of hydrogen-bond donors (Lipinski definition) is 1. The van der Waals surface area contributed by atoms with Gasteiger partial charge in [-0.1, -0.05) is 0 Å². The fourth-order valence-corrected chi connectivity index (χ4v) is 0.990. The highest BCUT2D eigenvalue weighted by Gasteiger charge is 2.13. The average Bonchev–Trinajstić information content (AvgIpc) is 2.17. The van der Waals surface area contributed by atoms with Gasteiger partial charge in [-0.25, -0.2) is 9.78 Å². The van der Waals surface area contributed by atoms with Crippen molar-refractivity contribution in [3.63, 3.8) is 0 Å². The van der Waals surface area contributed by atoms with Crippen molar-refractivity contribution in [2.45, 2.75) is 6.92 Å². The van der Waals surface area contributed by atoms with Crippen LogP contribution in [0.5, 0.6) is 5.75 Å². The molecule has 0 bridgehead atoms. The van der Waals surface area contributed by atoms with Crippen molar-refractivity contribution < 1.29 is 14.3 Å². The Kier molecular flexibility index (Phi) is 3.28. The van der Waals surface area contributed by atoms with Gasteiger partial charge in [0.25, 0.3) is 0 Å². The van der Waals surface area contributed by atoms with Crippen LogP contribution >= 0.6 is 0 Å². The Hall–Kier alpha value is -1.78. The van der Waals surface area contributed by atoms with Crippen LogP contribution in [0, 0.1) is 0 Å². The van der Waals surface area contributed by atoms with Gasteiger partial charge in [0.2, 0.25) is 0 Å². The molecule has 0 saturated heterocycles. The van der Waals surface area contributed by atoms with Crippen molar-refractivity contribution in [2.24, 2.45) is 0 Å². The monoisotopic (exact) mass is 196 g/mol. The molecule has 5 heteroatoms. The molecule has 76 valence electrons. The summed E-state index contributed by atoms with van der Waals surface area (Å²) in [5, 5.41) is 0. The summed E-state index contributed by atoms with van der Waals surface area (Å²) >= 11 is 0. The molecule has 5 nitrogen and oxygen atoms in total. The summed E-state index contributed by atoms with van der Waals surface area (Å²) in [5.41, 5.74) is 5.74. The first-order valence-corrected chi connectivity index (χ1v) is 4.15. The second-order valence-electron chi connectivity index (χ2n) is 2.53. The summed E-state index contributed by atoms with van der Waals surface area (Å²) in [7, 11) is 1.30. The van der Waals surface area contributed by atoms with E-state index in [1.807, 2.05) is 6.92 Å². The van der Waals surface area contributed by atoms with E-state index in [4.69, 9.17) is 10.5 Å². The zero-order chi connectivity index (χ0) is 10.6. The minimum atomic E-state index is -0.485. The van der Waals surface area contributed by atoms with E-state index in [2.05, 4.69) is 9.72 Å². The Bertz CT molecular complexity index is 339. The average molecular weight is 196 g/mol. The highest BCUT2D eigenvalue weighted by atomic mass is 16.5. The number of nitrogen functional groups attached to an aromatic ring is 1. The molecular weight excluding hydrogens is 184 g/mol. The van der Waals surface area contributed by atoms with Gasteiger partial charge in [-0.3, -0.25) is 0 Å². The van der Waals surface area contributed by atoms with E-state index in [0.717, 1.165) is 0 Å². The molecule has 1 heterocycles. The summed E-state index contributed by atoms with van der Waals surface area (Å²) in [4.78, 5) is 15.0. The molecule has 0 aliphatic rings.